The Morgan fingerprint density at radius 1 is 1.22 bits per heavy atom. The summed E-state index contributed by atoms with van der Waals surface area (Å²) in [6.45, 7) is 7.89. The van der Waals surface area contributed by atoms with Crippen molar-refractivity contribution in [3.8, 4) is 0 Å². The van der Waals surface area contributed by atoms with Crippen LogP contribution in [0.1, 0.15) is 52.4 Å². The Morgan fingerprint density at radius 2 is 1.94 bits per heavy atom. The van der Waals surface area contributed by atoms with Crippen LogP contribution in [0.25, 0.3) is 0 Å². The van der Waals surface area contributed by atoms with Gasteiger partial charge in [-0.2, -0.15) is 0 Å². The van der Waals surface area contributed by atoms with Crippen molar-refractivity contribution in [3.63, 3.8) is 0 Å². The average molecular weight is 272 g/mol. The Bertz CT molecular complexity index is 240. The molecule has 0 heterocycles. The molecule has 4 heteroatoms. The average Bonchev–Trinajstić information content (AvgIpc) is 2.37. The molecule has 1 fully saturated rings. The molecule has 0 atom stereocenters. The van der Waals surface area contributed by atoms with Gasteiger partial charge in [-0.25, -0.2) is 0 Å². The molecule has 1 rings (SSSR count). The summed E-state index contributed by atoms with van der Waals surface area (Å²) in [6, 6.07) is 0. The standard InChI is InChI=1S/C14H28N2OS/c1-3-17-11-7-10-15-13(18)16-12-14(2)8-5-4-6-9-14/h3-12H2,1-2H3,(H2,15,16,18). The van der Waals surface area contributed by atoms with Crippen LogP contribution in [0.3, 0.4) is 0 Å². The van der Waals surface area contributed by atoms with Gasteiger partial charge in [0.05, 0.1) is 0 Å². The Labute approximate surface area is 117 Å². The van der Waals surface area contributed by atoms with Crippen LogP contribution in [-0.2, 0) is 4.74 Å². The Balaban J connectivity index is 2.05. The second kappa shape index (κ2) is 8.70. The molecule has 0 spiro atoms. The number of ether oxygens (including phenoxy) is 1. The summed E-state index contributed by atoms with van der Waals surface area (Å²) in [4.78, 5) is 0. The van der Waals surface area contributed by atoms with Crippen LogP contribution in [0.4, 0.5) is 0 Å². The molecule has 18 heavy (non-hydrogen) atoms. The van der Waals surface area contributed by atoms with Crippen molar-refractivity contribution in [1.29, 1.82) is 0 Å². The predicted octanol–water partition coefficient (Wildman–Crippen LogP) is 2.85. The molecule has 0 unspecified atom stereocenters. The van der Waals surface area contributed by atoms with E-state index in [0.717, 1.165) is 37.8 Å². The summed E-state index contributed by atoms with van der Waals surface area (Å²) in [7, 11) is 0. The van der Waals surface area contributed by atoms with E-state index in [2.05, 4.69) is 17.6 Å². The summed E-state index contributed by atoms with van der Waals surface area (Å²) < 4.78 is 5.28. The lowest BCUT2D eigenvalue weighted by Gasteiger charge is -2.34. The Morgan fingerprint density at radius 3 is 2.61 bits per heavy atom. The first-order valence-electron chi connectivity index (χ1n) is 7.26. The lowest BCUT2D eigenvalue weighted by Crippen LogP contribution is -2.42. The molecule has 0 amide bonds. The fourth-order valence-electron chi connectivity index (χ4n) is 2.46. The third-order valence-electron chi connectivity index (χ3n) is 3.69. The highest BCUT2D eigenvalue weighted by atomic mass is 32.1. The number of hydrogen-bond acceptors (Lipinski definition) is 2. The maximum Gasteiger partial charge on any atom is 0.166 e. The van der Waals surface area contributed by atoms with Crippen molar-refractivity contribution in [2.75, 3.05) is 26.3 Å². The molecule has 1 aliphatic carbocycles. The zero-order chi connectivity index (χ0) is 13.3. The lowest BCUT2D eigenvalue weighted by molar-refractivity contribution is 0.145. The van der Waals surface area contributed by atoms with E-state index in [-0.39, 0.29) is 0 Å². The van der Waals surface area contributed by atoms with E-state index in [9.17, 15) is 0 Å². The monoisotopic (exact) mass is 272 g/mol. The largest absolute Gasteiger partial charge is 0.382 e. The van der Waals surface area contributed by atoms with Gasteiger partial charge in [-0.15, -0.1) is 0 Å². The number of thiocarbonyl (C=S) groups is 1. The zero-order valence-electron chi connectivity index (χ0n) is 11.9. The van der Waals surface area contributed by atoms with Crippen LogP contribution < -0.4 is 10.6 Å². The second-order valence-electron chi connectivity index (χ2n) is 5.53. The molecule has 1 aliphatic rings. The molecule has 106 valence electrons. The van der Waals surface area contributed by atoms with Crippen molar-refractivity contribution in [3.05, 3.63) is 0 Å². The maximum atomic E-state index is 5.29. The summed E-state index contributed by atoms with van der Waals surface area (Å²) in [6.07, 6.45) is 7.79. The second-order valence-corrected chi connectivity index (χ2v) is 5.94. The van der Waals surface area contributed by atoms with E-state index in [1.165, 1.54) is 32.1 Å². The van der Waals surface area contributed by atoms with Gasteiger partial charge in [0.1, 0.15) is 0 Å². The molecule has 0 aromatic rings. The van der Waals surface area contributed by atoms with Gasteiger partial charge in [0.15, 0.2) is 5.11 Å². The van der Waals surface area contributed by atoms with Crippen molar-refractivity contribution in [2.45, 2.75) is 52.4 Å². The fraction of sp³-hybridized carbons (Fsp3) is 0.929. The van der Waals surface area contributed by atoms with Crippen LogP contribution in [-0.4, -0.2) is 31.4 Å². The van der Waals surface area contributed by atoms with Gasteiger partial charge in [-0.05, 0) is 43.8 Å². The van der Waals surface area contributed by atoms with E-state index < -0.39 is 0 Å². The first kappa shape index (κ1) is 15.7. The highest BCUT2D eigenvalue weighted by Gasteiger charge is 2.26. The molecule has 2 N–H and O–H groups in total. The molecule has 3 nitrogen and oxygen atoms in total. The molecule has 0 aromatic carbocycles. The third kappa shape index (κ3) is 6.55. The van der Waals surface area contributed by atoms with E-state index in [4.69, 9.17) is 17.0 Å². The first-order chi connectivity index (χ1) is 8.66. The van der Waals surface area contributed by atoms with Crippen LogP contribution in [0.5, 0.6) is 0 Å². The minimum Gasteiger partial charge on any atom is -0.382 e. The van der Waals surface area contributed by atoms with Crippen molar-refractivity contribution < 1.29 is 4.74 Å². The smallest absolute Gasteiger partial charge is 0.166 e. The van der Waals surface area contributed by atoms with Crippen molar-refractivity contribution in [1.82, 2.24) is 10.6 Å². The van der Waals surface area contributed by atoms with Gasteiger partial charge in [0.2, 0.25) is 0 Å². The van der Waals surface area contributed by atoms with E-state index in [0.29, 0.717) is 5.41 Å². The molecule has 0 bridgehead atoms. The fourth-order valence-corrected chi connectivity index (χ4v) is 2.63. The highest BCUT2D eigenvalue weighted by Crippen LogP contribution is 2.34. The van der Waals surface area contributed by atoms with Gasteiger partial charge in [0, 0.05) is 26.3 Å². The van der Waals surface area contributed by atoms with E-state index >= 15 is 0 Å². The highest BCUT2D eigenvalue weighted by molar-refractivity contribution is 7.80. The van der Waals surface area contributed by atoms with Gasteiger partial charge >= 0.3 is 0 Å². The number of rotatable bonds is 7. The van der Waals surface area contributed by atoms with E-state index in [1.54, 1.807) is 0 Å². The predicted molar refractivity (Wildman–Crippen MR) is 80.9 cm³/mol. The minimum absolute atomic E-state index is 0.440. The third-order valence-corrected chi connectivity index (χ3v) is 3.98. The molecule has 0 saturated heterocycles. The zero-order valence-corrected chi connectivity index (χ0v) is 12.7. The Kier molecular flexibility index (Phi) is 7.59. The molecular formula is C14H28N2OS. The lowest BCUT2D eigenvalue weighted by atomic mass is 9.76. The van der Waals surface area contributed by atoms with Crippen molar-refractivity contribution in [2.24, 2.45) is 5.41 Å². The quantitative estimate of drug-likeness (QED) is 0.551. The van der Waals surface area contributed by atoms with Crippen LogP contribution >= 0.6 is 12.2 Å². The molecule has 0 radical (unpaired) electrons. The molecular weight excluding hydrogens is 244 g/mol. The first-order valence-corrected chi connectivity index (χ1v) is 7.66. The van der Waals surface area contributed by atoms with Crippen LogP contribution in [0.2, 0.25) is 0 Å². The summed E-state index contributed by atoms with van der Waals surface area (Å²) >= 11 is 5.29. The van der Waals surface area contributed by atoms with Gasteiger partial charge in [-0.3, -0.25) is 0 Å². The minimum atomic E-state index is 0.440. The summed E-state index contributed by atoms with van der Waals surface area (Å²) in [5.41, 5.74) is 0.440. The van der Waals surface area contributed by atoms with Gasteiger partial charge in [-0.1, -0.05) is 26.2 Å². The normalized spacial score (nSPS) is 18.3. The topological polar surface area (TPSA) is 33.3 Å². The molecule has 0 aromatic heterocycles. The van der Waals surface area contributed by atoms with Crippen molar-refractivity contribution >= 4 is 17.3 Å². The summed E-state index contributed by atoms with van der Waals surface area (Å²) in [5.74, 6) is 0. The molecule has 0 aliphatic heterocycles. The van der Waals surface area contributed by atoms with Gasteiger partial charge < -0.3 is 15.4 Å². The number of hydrogen-bond donors (Lipinski definition) is 2. The Hall–Kier alpha value is -0.350. The van der Waals surface area contributed by atoms with Crippen LogP contribution in [0, 0.1) is 5.41 Å². The van der Waals surface area contributed by atoms with Crippen LogP contribution in [0.15, 0.2) is 0 Å². The number of nitrogens with one attached hydrogen (secondary N) is 2. The van der Waals surface area contributed by atoms with E-state index in [1.807, 2.05) is 6.92 Å². The maximum absolute atomic E-state index is 5.29. The summed E-state index contributed by atoms with van der Waals surface area (Å²) in [5, 5.41) is 7.39. The van der Waals surface area contributed by atoms with Gasteiger partial charge in [0.25, 0.3) is 0 Å². The molecule has 1 saturated carbocycles. The SMILES string of the molecule is CCOCCCNC(=S)NCC1(C)CCCCC1.